The van der Waals surface area contributed by atoms with Crippen molar-refractivity contribution in [3.63, 3.8) is 0 Å². The molecule has 0 atom stereocenters. The van der Waals surface area contributed by atoms with Gasteiger partial charge in [-0.3, -0.25) is 4.79 Å². The van der Waals surface area contributed by atoms with E-state index in [1.807, 2.05) is 32.9 Å². The molecule has 0 radical (unpaired) electrons. The summed E-state index contributed by atoms with van der Waals surface area (Å²) in [6.07, 6.45) is 0.885. The maximum atomic E-state index is 11.9. The largest absolute Gasteiger partial charge is 0.493 e. The molecule has 0 aromatic heterocycles. The molecule has 1 aliphatic rings. The fourth-order valence-electron chi connectivity index (χ4n) is 1.73. The van der Waals surface area contributed by atoms with E-state index in [1.54, 1.807) is 6.07 Å². The van der Waals surface area contributed by atoms with E-state index >= 15 is 0 Å². The molecule has 3 nitrogen and oxygen atoms in total. The van der Waals surface area contributed by atoms with Crippen LogP contribution in [0.25, 0.3) is 0 Å². The van der Waals surface area contributed by atoms with E-state index in [9.17, 15) is 4.79 Å². The number of carbonyl (C=O) groups excluding carboxylic acids is 1. The van der Waals surface area contributed by atoms with Crippen LogP contribution in [-0.2, 0) is 11.2 Å². The van der Waals surface area contributed by atoms with Crippen molar-refractivity contribution in [1.29, 1.82) is 0 Å². The van der Waals surface area contributed by atoms with Crippen LogP contribution in [0.4, 0.5) is 0 Å². The van der Waals surface area contributed by atoms with Crippen LogP contribution in [0.15, 0.2) is 18.2 Å². The van der Waals surface area contributed by atoms with Gasteiger partial charge >= 0.3 is 0 Å². The molecule has 0 spiro atoms. The number of fused-ring (bicyclic) bond motifs is 1. The molecule has 1 aromatic carbocycles. The highest BCUT2D eigenvalue weighted by Crippen LogP contribution is 2.26. The Hall–Kier alpha value is -1.35. The molecule has 0 bridgehead atoms. The van der Waals surface area contributed by atoms with Gasteiger partial charge < -0.3 is 9.47 Å². The summed E-state index contributed by atoms with van der Waals surface area (Å²) in [5.74, 6) is 0.924. The second-order valence-corrected chi connectivity index (χ2v) is 5.25. The Morgan fingerprint density at radius 2 is 2.18 bits per heavy atom. The van der Waals surface area contributed by atoms with E-state index in [4.69, 9.17) is 9.47 Å². The number of Topliss-reactive ketones (excluding diaryl/α,β-unsaturated/α-hetero) is 1. The molecular weight excluding hydrogens is 216 g/mol. The molecule has 0 saturated carbocycles. The maximum Gasteiger partial charge on any atom is 0.188 e. The first-order chi connectivity index (χ1) is 7.96. The van der Waals surface area contributed by atoms with Crippen LogP contribution < -0.4 is 4.74 Å². The molecule has 92 valence electrons. The van der Waals surface area contributed by atoms with Crippen molar-refractivity contribution in [1.82, 2.24) is 0 Å². The molecule has 1 aromatic rings. The van der Waals surface area contributed by atoms with E-state index in [0.29, 0.717) is 12.2 Å². The normalized spacial score (nSPS) is 14.3. The Kier molecular flexibility index (Phi) is 3.20. The lowest BCUT2D eigenvalue weighted by molar-refractivity contribution is 0.00306. The van der Waals surface area contributed by atoms with Gasteiger partial charge in [0.1, 0.15) is 12.4 Å². The molecule has 3 heteroatoms. The predicted octanol–water partition coefficient (Wildman–Crippen LogP) is 2.62. The summed E-state index contributed by atoms with van der Waals surface area (Å²) < 4.78 is 10.9. The smallest absolute Gasteiger partial charge is 0.188 e. The molecule has 0 unspecified atom stereocenters. The first kappa shape index (κ1) is 12.1. The first-order valence-electron chi connectivity index (χ1n) is 5.88. The molecule has 0 saturated heterocycles. The molecule has 0 aliphatic carbocycles. The fraction of sp³-hybridized carbons (Fsp3) is 0.500. The highest BCUT2D eigenvalue weighted by molar-refractivity contribution is 5.97. The number of ketones is 1. The van der Waals surface area contributed by atoms with Gasteiger partial charge in [0.15, 0.2) is 5.78 Å². The topological polar surface area (TPSA) is 35.5 Å². The van der Waals surface area contributed by atoms with Gasteiger partial charge in [-0.05, 0) is 44.5 Å². The second kappa shape index (κ2) is 4.49. The highest BCUT2D eigenvalue weighted by Gasteiger charge is 2.17. The van der Waals surface area contributed by atoms with Crippen LogP contribution >= 0.6 is 0 Å². The summed E-state index contributed by atoms with van der Waals surface area (Å²) in [7, 11) is 0. The zero-order valence-electron chi connectivity index (χ0n) is 10.6. The van der Waals surface area contributed by atoms with Crippen molar-refractivity contribution in [2.24, 2.45) is 0 Å². The number of carbonyl (C=O) groups is 1. The van der Waals surface area contributed by atoms with Crippen molar-refractivity contribution < 1.29 is 14.3 Å². The number of rotatable bonds is 3. The molecule has 0 N–H and O–H groups in total. The molecule has 0 amide bonds. The van der Waals surface area contributed by atoms with Crippen molar-refractivity contribution in [3.8, 4) is 5.75 Å². The van der Waals surface area contributed by atoms with Crippen LogP contribution in [0, 0.1) is 0 Å². The second-order valence-electron chi connectivity index (χ2n) is 5.25. The van der Waals surface area contributed by atoms with Gasteiger partial charge in [0, 0.05) is 12.0 Å². The van der Waals surface area contributed by atoms with Crippen LogP contribution in [-0.4, -0.2) is 24.6 Å². The number of benzene rings is 1. The van der Waals surface area contributed by atoms with Gasteiger partial charge in [-0.1, -0.05) is 0 Å². The average Bonchev–Trinajstić information content (AvgIpc) is 2.71. The summed E-state index contributed by atoms with van der Waals surface area (Å²) in [6.45, 7) is 6.67. The van der Waals surface area contributed by atoms with Crippen molar-refractivity contribution in [3.05, 3.63) is 29.3 Å². The average molecular weight is 234 g/mol. The Balaban J connectivity index is 2.05. The minimum absolute atomic E-state index is 0.0228. The van der Waals surface area contributed by atoms with Crippen LogP contribution in [0.1, 0.15) is 36.7 Å². The van der Waals surface area contributed by atoms with Gasteiger partial charge in [-0.15, -0.1) is 0 Å². The summed E-state index contributed by atoms with van der Waals surface area (Å²) in [5.41, 5.74) is 1.54. The van der Waals surface area contributed by atoms with Gasteiger partial charge in [-0.25, -0.2) is 0 Å². The standard InChI is InChI=1S/C14H18O3/c1-14(2,3)17-9-12(15)10-4-5-13-11(8-10)6-7-16-13/h4-5,8H,6-7,9H2,1-3H3. The third-order valence-corrected chi connectivity index (χ3v) is 2.65. The number of ether oxygens (including phenoxy) is 2. The zero-order chi connectivity index (χ0) is 12.5. The van der Waals surface area contributed by atoms with Crippen LogP contribution in [0.3, 0.4) is 0 Å². The lowest BCUT2D eigenvalue weighted by Gasteiger charge is -2.18. The lowest BCUT2D eigenvalue weighted by atomic mass is 10.1. The SMILES string of the molecule is CC(C)(C)OCC(=O)c1ccc2c(c1)CCO2. The van der Waals surface area contributed by atoms with Crippen molar-refractivity contribution >= 4 is 5.78 Å². The van der Waals surface area contributed by atoms with Gasteiger partial charge in [0.2, 0.25) is 0 Å². The predicted molar refractivity (Wildman–Crippen MR) is 65.7 cm³/mol. The van der Waals surface area contributed by atoms with Gasteiger partial charge in [-0.2, -0.15) is 0 Å². The van der Waals surface area contributed by atoms with Gasteiger partial charge in [0.25, 0.3) is 0 Å². The first-order valence-corrected chi connectivity index (χ1v) is 5.88. The van der Waals surface area contributed by atoms with E-state index in [0.717, 1.165) is 17.7 Å². The third kappa shape index (κ3) is 3.07. The van der Waals surface area contributed by atoms with Crippen LogP contribution in [0.5, 0.6) is 5.75 Å². The molecule has 1 heterocycles. The lowest BCUT2D eigenvalue weighted by Crippen LogP contribution is -2.23. The Morgan fingerprint density at radius 1 is 1.41 bits per heavy atom. The van der Waals surface area contributed by atoms with Crippen molar-refractivity contribution in [2.75, 3.05) is 13.2 Å². The maximum absolute atomic E-state index is 11.9. The molecule has 17 heavy (non-hydrogen) atoms. The monoisotopic (exact) mass is 234 g/mol. The number of hydrogen-bond acceptors (Lipinski definition) is 3. The highest BCUT2D eigenvalue weighted by atomic mass is 16.5. The minimum Gasteiger partial charge on any atom is -0.493 e. The Labute approximate surface area is 102 Å². The summed E-state index contributed by atoms with van der Waals surface area (Å²) in [4.78, 5) is 11.9. The van der Waals surface area contributed by atoms with E-state index in [2.05, 4.69) is 0 Å². The summed E-state index contributed by atoms with van der Waals surface area (Å²) in [6, 6.07) is 5.59. The van der Waals surface area contributed by atoms with Crippen molar-refractivity contribution in [2.45, 2.75) is 32.8 Å². The summed E-state index contributed by atoms with van der Waals surface area (Å²) >= 11 is 0. The minimum atomic E-state index is -0.282. The quantitative estimate of drug-likeness (QED) is 0.754. The molecule has 0 fully saturated rings. The van der Waals surface area contributed by atoms with E-state index < -0.39 is 0 Å². The molecular formula is C14H18O3. The van der Waals surface area contributed by atoms with E-state index in [-0.39, 0.29) is 18.0 Å². The number of hydrogen-bond donors (Lipinski definition) is 0. The zero-order valence-corrected chi connectivity index (χ0v) is 10.6. The molecule has 1 aliphatic heterocycles. The van der Waals surface area contributed by atoms with Gasteiger partial charge in [0.05, 0.1) is 12.2 Å². The Morgan fingerprint density at radius 3 is 2.88 bits per heavy atom. The fourth-order valence-corrected chi connectivity index (χ4v) is 1.73. The third-order valence-electron chi connectivity index (χ3n) is 2.65. The van der Waals surface area contributed by atoms with E-state index in [1.165, 1.54) is 0 Å². The molecule has 2 rings (SSSR count). The Bertz CT molecular complexity index is 430. The summed E-state index contributed by atoms with van der Waals surface area (Å²) in [5, 5.41) is 0. The van der Waals surface area contributed by atoms with Crippen LogP contribution in [0.2, 0.25) is 0 Å².